The summed E-state index contributed by atoms with van der Waals surface area (Å²) in [6.07, 6.45) is 1.02. The Morgan fingerprint density at radius 1 is 1.03 bits per heavy atom. The smallest absolute Gasteiger partial charge is 0.240 e. The Hall–Kier alpha value is -2.58. The molecule has 0 spiro atoms. The molecule has 3 rings (SSSR count). The highest BCUT2D eigenvalue weighted by molar-refractivity contribution is 7.89. The van der Waals surface area contributed by atoms with Gasteiger partial charge < -0.3 is 15.5 Å². The summed E-state index contributed by atoms with van der Waals surface area (Å²) in [5.74, 6) is 0.681. The van der Waals surface area contributed by atoms with Gasteiger partial charge >= 0.3 is 0 Å². The molecule has 1 fully saturated rings. The van der Waals surface area contributed by atoms with E-state index < -0.39 is 10.0 Å². The zero-order valence-corrected chi connectivity index (χ0v) is 18.7. The summed E-state index contributed by atoms with van der Waals surface area (Å²) in [5.41, 5.74) is 3.52. The molecule has 1 heterocycles. The standard InChI is InChI=1S/C22H31N5O2S/c1-17-4-8-20(9-5-17)27-15-12-19(16-27)26-22(23-3)24-13-14-25-30(28,29)21-10-6-18(2)7-11-21/h4-11,19,25H,12-16H2,1-3H3,(H2,23,24,26). The fraction of sp³-hybridized carbons (Fsp3) is 0.409. The number of sulfonamides is 1. The van der Waals surface area contributed by atoms with E-state index in [0.717, 1.165) is 25.1 Å². The van der Waals surface area contributed by atoms with Crippen LogP contribution in [0.5, 0.6) is 0 Å². The first-order valence-electron chi connectivity index (χ1n) is 10.2. The second-order valence-corrected chi connectivity index (χ2v) is 9.39. The topological polar surface area (TPSA) is 85.8 Å². The summed E-state index contributed by atoms with van der Waals surface area (Å²) >= 11 is 0. The minimum atomic E-state index is -3.50. The van der Waals surface area contributed by atoms with Crippen LogP contribution >= 0.6 is 0 Å². The molecular weight excluding hydrogens is 398 g/mol. The van der Waals surface area contributed by atoms with Crippen molar-refractivity contribution < 1.29 is 8.42 Å². The van der Waals surface area contributed by atoms with Crippen LogP contribution in [0.1, 0.15) is 17.5 Å². The average Bonchev–Trinajstić information content (AvgIpc) is 3.19. The highest BCUT2D eigenvalue weighted by Crippen LogP contribution is 2.20. The van der Waals surface area contributed by atoms with Crippen LogP contribution in [-0.2, 0) is 10.0 Å². The summed E-state index contributed by atoms with van der Waals surface area (Å²) in [4.78, 5) is 6.90. The SMILES string of the molecule is CN=C(NCCNS(=O)(=O)c1ccc(C)cc1)NC1CCN(c2ccc(C)cc2)C1. The molecule has 0 amide bonds. The number of rotatable bonds is 7. The molecule has 1 saturated heterocycles. The monoisotopic (exact) mass is 429 g/mol. The van der Waals surface area contributed by atoms with E-state index in [-0.39, 0.29) is 11.4 Å². The third-order valence-electron chi connectivity index (χ3n) is 5.19. The molecule has 0 aliphatic carbocycles. The highest BCUT2D eigenvalue weighted by atomic mass is 32.2. The Labute approximate surface area is 179 Å². The molecule has 1 aliphatic heterocycles. The quantitative estimate of drug-likeness (QED) is 0.356. The fourth-order valence-corrected chi connectivity index (χ4v) is 4.46. The van der Waals surface area contributed by atoms with E-state index >= 15 is 0 Å². The number of anilines is 1. The van der Waals surface area contributed by atoms with Crippen LogP contribution < -0.4 is 20.3 Å². The van der Waals surface area contributed by atoms with Crippen molar-refractivity contribution in [1.82, 2.24) is 15.4 Å². The minimum Gasteiger partial charge on any atom is -0.369 e. The van der Waals surface area contributed by atoms with Gasteiger partial charge in [-0.2, -0.15) is 0 Å². The van der Waals surface area contributed by atoms with Gasteiger partial charge in [0.15, 0.2) is 5.96 Å². The molecule has 2 aromatic rings. The third-order valence-corrected chi connectivity index (χ3v) is 6.67. The number of nitrogens with zero attached hydrogens (tertiary/aromatic N) is 2. The summed E-state index contributed by atoms with van der Waals surface area (Å²) in [5, 5.41) is 6.62. The largest absolute Gasteiger partial charge is 0.369 e. The van der Waals surface area contributed by atoms with Crippen LogP contribution in [0, 0.1) is 13.8 Å². The van der Waals surface area contributed by atoms with Crippen molar-refractivity contribution in [2.75, 3.05) is 38.1 Å². The van der Waals surface area contributed by atoms with Gasteiger partial charge in [-0.25, -0.2) is 13.1 Å². The number of hydrogen-bond acceptors (Lipinski definition) is 4. The molecule has 0 saturated carbocycles. The van der Waals surface area contributed by atoms with Crippen molar-refractivity contribution >= 4 is 21.7 Å². The van der Waals surface area contributed by atoms with E-state index in [2.05, 4.69) is 56.4 Å². The maximum Gasteiger partial charge on any atom is 0.240 e. The Balaban J connectivity index is 1.43. The van der Waals surface area contributed by atoms with E-state index in [1.807, 2.05) is 6.92 Å². The van der Waals surface area contributed by atoms with Gasteiger partial charge in [-0.1, -0.05) is 35.4 Å². The molecule has 0 bridgehead atoms. The lowest BCUT2D eigenvalue weighted by Crippen LogP contribution is -2.46. The Morgan fingerprint density at radius 2 is 1.67 bits per heavy atom. The van der Waals surface area contributed by atoms with Gasteiger partial charge in [0.05, 0.1) is 4.90 Å². The summed E-state index contributed by atoms with van der Waals surface area (Å²) in [6.45, 7) is 6.64. The van der Waals surface area contributed by atoms with Crippen molar-refractivity contribution in [3.63, 3.8) is 0 Å². The van der Waals surface area contributed by atoms with Gasteiger partial charge in [0.25, 0.3) is 0 Å². The number of aryl methyl sites for hydroxylation is 2. The number of benzene rings is 2. The van der Waals surface area contributed by atoms with E-state index in [9.17, 15) is 8.42 Å². The third kappa shape index (κ3) is 5.96. The van der Waals surface area contributed by atoms with Crippen LogP contribution in [0.2, 0.25) is 0 Å². The van der Waals surface area contributed by atoms with Gasteiger partial charge in [-0.05, 0) is 44.5 Å². The Bertz CT molecular complexity index is 956. The molecular formula is C22H31N5O2S. The average molecular weight is 430 g/mol. The van der Waals surface area contributed by atoms with Gasteiger partial charge in [0, 0.05) is 45.0 Å². The molecule has 3 N–H and O–H groups in total. The van der Waals surface area contributed by atoms with E-state index in [4.69, 9.17) is 0 Å². The molecule has 7 nitrogen and oxygen atoms in total. The molecule has 2 aromatic carbocycles. The van der Waals surface area contributed by atoms with Crippen molar-refractivity contribution in [2.24, 2.45) is 4.99 Å². The van der Waals surface area contributed by atoms with Crippen LogP contribution in [-0.4, -0.2) is 53.6 Å². The van der Waals surface area contributed by atoms with Crippen molar-refractivity contribution in [3.05, 3.63) is 59.7 Å². The first-order chi connectivity index (χ1) is 14.4. The van der Waals surface area contributed by atoms with Crippen LogP contribution in [0.3, 0.4) is 0 Å². The predicted molar refractivity (Wildman–Crippen MR) is 123 cm³/mol. The molecule has 1 aliphatic rings. The van der Waals surface area contributed by atoms with Crippen LogP contribution in [0.15, 0.2) is 58.4 Å². The van der Waals surface area contributed by atoms with Crippen LogP contribution in [0.25, 0.3) is 0 Å². The van der Waals surface area contributed by atoms with Gasteiger partial charge in [-0.3, -0.25) is 4.99 Å². The Morgan fingerprint density at radius 3 is 2.30 bits per heavy atom. The highest BCUT2D eigenvalue weighted by Gasteiger charge is 2.23. The zero-order valence-electron chi connectivity index (χ0n) is 17.9. The van der Waals surface area contributed by atoms with E-state index in [0.29, 0.717) is 18.5 Å². The molecule has 1 atom stereocenters. The summed E-state index contributed by atoms with van der Waals surface area (Å²) < 4.78 is 27.3. The lowest BCUT2D eigenvalue weighted by Gasteiger charge is -2.20. The lowest BCUT2D eigenvalue weighted by atomic mass is 10.2. The molecule has 0 aromatic heterocycles. The first-order valence-corrected chi connectivity index (χ1v) is 11.7. The summed E-state index contributed by atoms with van der Waals surface area (Å²) in [6, 6.07) is 15.7. The molecule has 1 unspecified atom stereocenters. The molecule has 30 heavy (non-hydrogen) atoms. The maximum absolute atomic E-state index is 12.3. The van der Waals surface area contributed by atoms with E-state index in [1.54, 1.807) is 31.3 Å². The van der Waals surface area contributed by atoms with Crippen LogP contribution in [0.4, 0.5) is 5.69 Å². The minimum absolute atomic E-state index is 0.275. The van der Waals surface area contributed by atoms with Gasteiger partial charge in [0.1, 0.15) is 0 Å². The number of nitrogens with one attached hydrogen (secondary N) is 3. The van der Waals surface area contributed by atoms with Crippen molar-refractivity contribution in [2.45, 2.75) is 31.2 Å². The van der Waals surface area contributed by atoms with Crippen molar-refractivity contribution in [3.8, 4) is 0 Å². The van der Waals surface area contributed by atoms with Crippen molar-refractivity contribution in [1.29, 1.82) is 0 Å². The van der Waals surface area contributed by atoms with Gasteiger partial charge in [-0.15, -0.1) is 0 Å². The fourth-order valence-electron chi connectivity index (χ4n) is 3.42. The number of guanidine groups is 1. The second kappa shape index (κ2) is 9.95. The number of aliphatic imine (C=N–C) groups is 1. The predicted octanol–water partition coefficient (Wildman–Crippen LogP) is 2.03. The first kappa shape index (κ1) is 22.1. The molecule has 8 heteroatoms. The molecule has 162 valence electrons. The number of hydrogen-bond donors (Lipinski definition) is 3. The maximum atomic E-state index is 12.3. The summed E-state index contributed by atoms with van der Waals surface area (Å²) in [7, 11) is -1.78. The van der Waals surface area contributed by atoms with E-state index in [1.165, 1.54) is 11.3 Å². The lowest BCUT2D eigenvalue weighted by molar-refractivity contribution is 0.579. The second-order valence-electron chi connectivity index (χ2n) is 7.62. The normalized spacial score (nSPS) is 17.2. The molecule has 0 radical (unpaired) electrons. The van der Waals surface area contributed by atoms with Gasteiger partial charge in [0.2, 0.25) is 10.0 Å². The Kier molecular flexibility index (Phi) is 7.33. The zero-order chi connectivity index (χ0) is 21.6.